The fourth-order valence-corrected chi connectivity index (χ4v) is 4.05. The van der Waals surface area contributed by atoms with Crippen molar-refractivity contribution in [3.63, 3.8) is 0 Å². The molecule has 8 heteroatoms. The number of likely N-dealkylation sites (tertiary alicyclic amines) is 1. The number of carbonyl (C=O) groups is 2. The van der Waals surface area contributed by atoms with Crippen LogP contribution in [-0.4, -0.2) is 80.6 Å². The molecule has 26 heavy (non-hydrogen) atoms. The molecule has 2 saturated heterocycles. The van der Waals surface area contributed by atoms with Gasteiger partial charge in [-0.15, -0.1) is 0 Å². The molecule has 1 unspecified atom stereocenters. The second kappa shape index (κ2) is 7.38. The standard InChI is InChI=1S/C18H28F2N2O4/c1-21(2)15(23)11-25-10-14-9-17(12-26-14)3-5-22(6-4-17)16(24)13-7-18(19,20)8-13/h13-14H,3-12H2,1-2H3. The Labute approximate surface area is 152 Å². The maximum atomic E-state index is 13.0. The van der Waals surface area contributed by atoms with Crippen molar-refractivity contribution in [1.82, 2.24) is 9.80 Å². The zero-order valence-electron chi connectivity index (χ0n) is 15.5. The minimum atomic E-state index is -2.65. The van der Waals surface area contributed by atoms with E-state index in [0.29, 0.717) is 26.3 Å². The molecule has 1 spiro atoms. The molecule has 0 aromatic rings. The van der Waals surface area contributed by atoms with Crippen molar-refractivity contribution in [2.24, 2.45) is 11.3 Å². The topological polar surface area (TPSA) is 59.1 Å². The Hall–Kier alpha value is -1.28. The second-order valence-electron chi connectivity index (χ2n) is 8.23. The third-order valence-electron chi connectivity index (χ3n) is 5.89. The molecule has 0 N–H and O–H groups in total. The summed E-state index contributed by atoms with van der Waals surface area (Å²) in [6.07, 6.45) is 1.87. The van der Waals surface area contributed by atoms with Crippen LogP contribution < -0.4 is 0 Å². The molecule has 1 aliphatic carbocycles. The number of ether oxygens (including phenoxy) is 2. The van der Waals surface area contributed by atoms with Crippen molar-refractivity contribution >= 4 is 11.8 Å². The highest BCUT2D eigenvalue weighted by Gasteiger charge is 2.51. The fourth-order valence-electron chi connectivity index (χ4n) is 4.05. The summed E-state index contributed by atoms with van der Waals surface area (Å²) in [6, 6.07) is 0. The highest BCUT2D eigenvalue weighted by molar-refractivity contribution is 5.80. The van der Waals surface area contributed by atoms with Gasteiger partial charge in [0.1, 0.15) is 6.61 Å². The number of alkyl halides is 2. The van der Waals surface area contributed by atoms with Gasteiger partial charge in [0.15, 0.2) is 0 Å². The van der Waals surface area contributed by atoms with Crippen molar-refractivity contribution < 1.29 is 27.8 Å². The molecule has 2 amide bonds. The normalized spacial score (nSPS) is 27.4. The number of hydrogen-bond acceptors (Lipinski definition) is 4. The van der Waals surface area contributed by atoms with Gasteiger partial charge in [-0.1, -0.05) is 0 Å². The van der Waals surface area contributed by atoms with E-state index in [2.05, 4.69) is 0 Å². The Morgan fingerprint density at radius 2 is 1.85 bits per heavy atom. The van der Waals surface area contributed by atoms with Gasteiger partial charge in [-0.3, -0.25) is 9.59 Å². The highest BCUT2D eigenvalue weighted by Crippen LogP contribution is 2.45. The highest BCUT2D eigenvalue weighted by atomic mass is 19.3. The molecule has 3 aliphatic rings. The molecule has 6 nitrogen and oxygen atoms in total. The Morgan fingerprint density at radius 1 is 1.19 bits per heavy atom. The lowest BCUT2D eigenvalue weighted by molar-refractivity contribution is -0.161. The molecule has 1 atom stereocenters. The van der Waals surface area contributed by atoms with Crippen molar-refractivity contribution in [2.45, 2.75) is 44.1 Å². The maximum absolute atomic E-state index is 13.0. The van der Waals surface area contributed by atoms with E-state index in [1.807, 2.05) is 0 Å². The van der Waals surface area contributed by atoms with Crippen LogP contribution in [0.4, 0.5) is 8.78 Å². The van der Waals surface area contributed by atoms with Gasteiger partial charge < -0.3 is 19.3 Å². The predicted molar refractivity (Wildman–Crippen MR) is 89.8 cm³/mol. The number of piperidine rings is 1. The molecule has 0 aromatic carbocycles. The van der Waals surface area contributed by atoms with Crippen molar-refractivity contribution in [3.8, 4) is 0 Å². The molecule has 3 rings (SSSR count). The summed E-state index contributed by atoms with van der Waals surface area (Å²) >= 11 is 0. The lowest BCUT2D eigenvalue weighted by atomic mass is 9.75. The van der Waals surface area contributed by atoms with Crippen LogP contribution in [0.3, 0.4) is 0 Å². The average Bonchev–Trinajstić information content (AvgIpc) is 2.95. The van der Waals surface area contributed by atoms with Gasteiger partial charge in [0.05, 0.1) is 19.3 Å². The minimum absolute atomic E-state index is 0.0301. The maximum Gasteiger partial charge on any atom is 0.249 e. The van der Waals surface area contributed by atoms with E-state index in [1.165, 1.54) is 4.90 Å². The van der Waals surface area contributed by atoms with Gasteiger partial charge in [0.25, 0.3) is 0 Å². The van der Waals surface area contributed by atoms with Gasteiger partial charge >= 0.3 is 0 Å². The van der Waals surface area contributed by atoms with Gasteiger partial charge in [-0.2, -0.15) is 0 Å². The molecule has 148 valence electrons. The molecule has 3 fully saturated rings. The smallest absolute Gasteiger partial charge is 0.249 e. The van der Waals surface area contributed by atoms with E-state index in [0.717, 1.165) is 19.3 Å². The number of carbonyl (C=O) groups excluding carboxylic acids is 2. The van der Waals surface area contributed by atoms with Gasteiger partial charge in [-0.05, 0) is 24.7 Å². The Kier molecular flexibility index (Phi) is 5.53. The van der Waals surface area contributed by atoms with Crippen LogP contribution in [0.25, 0.3) is 0 Å². The zero-order chi connectivity index (χ0) is 18.9. The van der Waals surface area contributed by atoms with Crippen molar-refractivity contribution in [2.75, 3.05) is 47.0 Å². The average molecular weight is 374 g/mol. The van der Waals surface area contributed by atoms with E-state index < -0.39 is 11.8 Å². The zero-order valence-corrected chi connectivity index (χ0v) is 15.5. The quantitative estimate of drug-likeness (QED) is 0.732. The van der Waals surface area contributed by atoms with E-state index >= 15 is 0 Å². The monoisotopic (exact) mass is 374 g/mol. The van der Waals surface area contributed by atoms with Crippen molar-refractivity contribution in [3.05, 3.63) is 0 Å². The molecular formula is C18H28F2N2O4. The number of halogens is 2. The predicted octanol–water partition coefficient (Wildman–Crippen LogP) is 1.53. The van der Waals surface area contributed by atoms with Crippen LogP contribution in [0.5, 0.6) is 0 Å². The summed E-state index contributed by atoms with van der Waals surface area (Å²) in [5.74, 6) is -3.36. The summed E-state index contributed by atoms with van der Waals surface area (Å²) in [4.78, 5) is 27.0. The van der Waals surface area contributed by atoms with E-state index in [-0.39, 0.29) is 42.8 Å². The first-order valence-electron chi connectivity index (χ1n) is 9.26. The van der Waals surface area contributed by atoms with E-state index in [9.17, 15) is 18.4 Å². The fraction of sp³-hybridized carbons (Fsp3) is 0.889. The van der Waals surface area contributed by atoms with E-state index in [4.69, 9.17) is 9.47 Å². The molecule has 0 radical (unpaired) electrons. The van der Waals surface area contributed by atoms with Crippen LogP contribution in [0.1, 0.15) is 32.1 Å². The van der Waals surface area contributed by atoms with Crippen molar-refractivity contribution in [1.29, 1.82) is 0 Å². The Balaban J connectivity index is 1.39. The molecule has 1 saturated carbocycles. The first-order valence-corrected chi connectivity index (χ1v) is 9.26. The lowest BCUT2D eigenvalue weighted by Gasteiger charge is -2.42. The number of nitrogens with zero attached hydrogens (tertiary/aromatic N) is 2. The lowest BCUT2D eigenvalue weighted by Crippen LogP contribution is -2.50. The van der Waals surface area contributed by atoms with Crippen LogP contribution in [0.15, 0.2) is 0 Å². The number of amides is 2. The third-order valence-corrected chi connectivity index (χ3v) is 5.89. The first-order chi connectivity index (χ1) is 12.2. The Bertz CT molecular complexity index is 539. The van der Waals surface area contributed by atoms with Gasteiger partial charge in [-0.25, -0.2) is 8.78 Å². The third kappa shape index (κ3) is 4.34. The molecule has 2 aliphatic heterocycles. The molecule has 2 heterocycles. The van der Waals surface area contributed by atoms with Crippen LogP contribution in [0.2, 0.25) is 0 Å². The minimum Gasteiger partial charge on any atom is -0.375 e. The van der Waals surface area contributed by atoms with E-state index in [1.54, 1.807) is 19.0 Å². The molecule has 0 bridgehead atoms. The molecular weight excluding hydrogens is 346 g/mol. The van der Waals surface area contributed by atoms with Crippen LogP contribution in [-0.2, 0) is 19.1 Å². The second-order valence-corrected chi connectivity index (χ2v) is 8.23. The summed E-state index contributed by atoms with van der Waals surface area (Å²) in [5, 5.41) is 0. The number of rotatable bonds is 5. The van der Waals surface area contributed by atoms with Gasteiger partial charge in [0, 0.05) is 45.9 Å². The summed E-state index contributed by atoms with van der Waals surface area (Å²) in [7, 11) is 3.37. The number of likely N-dealkylation sites (N-methyl/N-ethyl adjacent to an activating group) is 1. The largest absolute Gasteiger partial charge is 0.375 e. The van der Waals surface area contributed by atoms with Crippen LogP contribution in [0, 0.1) is 11.3 Å². The summed E-state index contributed by atoms with van der Waals surface area (Å²) in [6.45, 7) is 2.29. The van der Waals surface area contributed by atoms with Gasteiger partial charge in [0.2, 0.25) is 17.7 Å². The first kappa shape index (κ1) is 19.5. The van der Waals surface area contributed by atoms with Crippen LogP contribution >= 0.6 is 0 Å². The summed E-state index contributed by atoms with van der Waals surface area (Å²) < 4.78 is 37.2. The summed E-state index contributed by atoms with van der Waals surface area (Å²) in [5.41, 5.74) is 0.0416. The Morgan fingerprint density at radius 3 is 2.42 bits per heavy atom. The molecule has 0 aromatic heterocycles. The number of hydrogen-bond donors (Lipinski definition) is 0. The SMILES string of the molecule is CN(C)C(=O)COCC1CC2(CCN(C(=O)C3CC(F)(F)C3)CC2)CO1.